The van der Waals surface area contributed by atoms with Crippen molar-refractivity contribution in [2.24, 2.45) is 0 Å². The van der Waals surface area contributed by atoms with Crippen molar-refractivity contribution in [2.45, 2.75) is 0 Å². The second kappa shape index (κ2) is 67.8. The normalized spacial score (nSPS) is 0. The molecule has 0 fully saturated rings. The number of rotatable bonds is 0. The van der Waals surface area contributed by atoms with E-state index in [0.29, 0.717) is 0 Å². The quantitative estimate of drug-likeness (QED) is 0.440. The summed E-state index contributed by atoms with van der Waals surface area (Å²) in [6.07, 6.45) is 0. The third kappa shape index (κ3) is 50.1. The van der Waals surface area contributed by atoms with Crippen LogP contribution in [0.3, 0.4) is 0 Å². The molecule has 60 valence electrons. The van der Waals surface area contributed by atoms with Gasteiger partial charge in [-0.2, -0.15) is 0 Å². The van der Waals surface area contributed by atoms with Gasteiger partial charge in [0.1, 0.15) is 0 Å². The molecule has 0 unspecified atom stereocenters. The van der Waals surface area contributed by atoms with Gasteiger partial charge in [0.15, 0.2) is 0 Å². The topological polar surface area (TPSA) is 0 Å². The molecule has 0 atom stereocenters. The minimum Gasteiger partial charge on any atom is -1.00 e. The predicted octanol–water partition coefficient (Wildman–Crippen LogP) is -0.355. The largest absolute Gasteiger partial charge is 1.00 e. The van der Waals surface area contributed by atoms with Crippen molar-refractivity contribution in [3.63, 3.8) is 0 Å². The molecule has 8 heavy (non-hydrogen) atoms. The fourth-order valence-corrected chi connectivity index (χ4v) is 0. The molecule has 0 rings (SSSR count). The third-order valence-electron chi connectivity index (χ3n) is 0. The van der Waals surface area contributed by atoms with Crippen LogP contribution in [0.1, 0.15) is 1.43 Å². The molecule has 0 aromatic carbocycles. The van der Waals surface area contributed by atoms with Crippen LogP contribution in [0.5, 0.6) is 0 Å². The molecule has 0 nitrogen and oxygen atoms in total. The molecule has 0 heterocycles. The summed E-state index contributed by atoms with van der Waals surface area (Å²) in [5.41, 5.74) is 0. The molecular weight excluding hydrogens is 447 g/mol. The molecule has 0 saturated heterocycles. The van der Waals surface area contributed by atoms with Crippen LogP contribution in [-0.2, 0) is 21.1 Å². The molecule has 8 heteroatoms. The second-order valence-corrected chi connectivity index (χ2v) is 0. The first-order valence-electron chi connectivity index (χ1n) is 0. The first kappa shape index (κ1) is 89.4. The zero-order valence-electron chi connectivity index (χ0n) is 4.77. The zero-order valence-corrected chi connectivity index (χ0v) is 14.1. The van der Waals surface area contributed by atoms with Gasteiger partial charge >= 0.3 is 51.4 Å². The molecule has 0 saturated carbocycles. The van der Waals surface area contributed by atoms with Crippen molar-refractivity contribution in [3.05, 3.63) is 0 Å². The van der Waals surface area contributed by atoms with Gasteiger partial charge in [0.25, 0.3) is 0 Å². The van der Waals surface area contributed by atoms with Gasteiger partial charge in [-0.05, 0) is 0 Å². The van der Waals surface area contributed by atoms with Crippen LogP contribution in [0.4, 0.5) is 0 Å². The van der Waals surface area contributed by atoms with Gasteiger partial charge in [0.2, 0.25) is 0 Å². The maximum absolute atomic E-state index is 0. The Balaban J connectivity index is 0. The van der Waals surface area contributed by atoms with Crippen molar-refractivity contribution in [1.82, 2.24) is 0 Å². The molecule has 0 aliphatic rings. The van der Waals surface area contributed by atoms with Crippen molar-refractivity contribution >= 4 is 74.4 Å². The summed E-state index contributed by atoms with van der Waals surface area (Å²) < 4.78 is 0. The number of halogens is 6. The minimum absolute atomic E-state index is 0. The van der Waals surface area contributed by atoms with Crippen molar-refractivity contribution in [1.29, 1.82) is 0 Å². The fourth-order valence-electron chi connectivity index (χ4n) is 0. The molecule has 0 aliphatic heterocycles. The molecule has 0 spiro atoms. The summed E-state index contributed by atoms with van der Waals surface area (Å²) in [5.74, 6) is 0. The van der Waals surface area contributed by atoms with Gasteiger partial charge in [-0.1, -0.05) is 0 Å². The molecule has 0 radical (unpaired) electrons. The van der Waals surface area contributed by atoms with E-state index < -0.39 is 0 Å². The molecule has 0 N–H and O–H groups in total. The molecule has 0 aliphatic carbocycles. The Morgan fingerprint density at radius 1 is 0.500 bits per heavy atom. The molecular formula is H7Cl6KPt. The van der Waals surface area contributed by atoms with E-state index in [9.17, 15) is 0 Å². The van der Waals surface area contributed by atoms with Gasteiger partial charge in [-0.25, -0.2) is 0 Å². The van der Waals surface area contributed by atoms with Gasteiger partial charge in [-0.15, -0.1) is 74.4 Å². The summed E-state index contributed by atoms with van der Waals surface area (Å²) in [7, 11) is 0. The first-order chi connectivity index (χ1) is 0. The van der Waals surface area contributed by atoms with E-state index in [1.165, 1.54) is 0 Å². The maximum atomic E-state index is 0. The van der Waals surface area contributed by atoms with Gasteiger partial charge in [0, 0.05) is 21.1 Å². The van der Waals surface area contributed by atoms with E-state index in [-0.39, 0.29) is 148 Å². The van der Waals surface area contributed by atoms with Crippen LogP contribution >= 0.6 is 74.4 Å². The first-order valence-corrected chi connectivity index (χ1v) is 0. The van der Waals surface area contributed by atoms with Crippen LogP contribution in [0.25, 0.3) is 0 Å². The Hall–Kier alpha value is 4.06. The van der Waals surface area contributed by atoms with E-state index >= 15 is 0 Å². The second-order valence-electron chi connectivity index (χ2n) is 0. The average Bonchev–Trinajstić information content (AvgIpc) is 0. The Kier molecular flexibility index (Phi) is 758. The SMILES string of the molecule is Cl.Cl.Cl.Cl.Cl.Cl.[H-].[K+].[Pt]. The number of hydrogen-bond acceptors (Lipinski definition) is 0. The monoisotopic (exact) mass is 451 g/mol. The summed E-state index contributed by atoms with van der Waals surface area (Å²) in [5, 5.41) is 0. The summed E-state index contributed by atoms with van der Waals surface area (Å²) >= 11 is 0. The van der Waals surface area contributed by atoms with Crippen LogP contribution in [-0.4, -0.2) is 0 Å². The van der Waals surface area contributed by atoms with E-state index in [2.05, 4.69) is 0 Å². The Morgan fingerprint density at radius 3 is 0.500 bits per heavy atom. The van der Waals surface area contributed by atoms with E-state index in [1.807, 2.05) is 0 Å². The Labute approximate surface area is 145 Å². The Bertz CT molecular complexity index is 13.0. The van der Waals surface area contributed by atoms with Crippen molar-refractivity contribution in [3.8, 4) is 0 Å². The van der Waals surface area contributed by atoms with Crippen LogP contribution < -0.4 is 51.4 Å². The molecule has 0 amide bonds. The van der Waals surface area contributed by atoms with Crippen LogP contribution in [0, 0.1) is 0 Å². The molecule has 0 aromatic rings. The molecule has 0 bridgehead atoms. The Morgan fingerprint density at radius 2 is 0.500 bits per heavy atom. The summed E-state index contributed by atoms with van der Waals surface area (Å²) in [4.78, 5) is 0. The van der Waals surface area contributed by atoms with Gasteiger partial charge in [-0.3, -0.25) is 0 Å². The average molecular weight is 454 g/mol. The molecule has 0 aromatic heterocycles. The van der Waals surface area contributed by atoms with Crippen LogP contribution in [0.15, 0.2) is 0 Å². The van der Waals surface area contributed by atoms with Crippen molar-refractivity contribution < 1.29 is 73.9 Å². The zero-order chi connectivity index (χ0) is 0. The van der Waals surface area contributed by atoms with Gasteiger partial charge < -0.3 is 1.43 Å². The maximum Gasteiger partial charge on any atom is 1.00 e. The summed E-state index contributed by atoms with van der Waals surface area (Å²) in [6, 6.07) is 0. The fraction of sp³-hybridized carbons (Fsp3) is 0. The van der Waals surface area contributed by atoms with Crippen LogP contribution in [0.2, 0.25) is 0 Å². The third-order valence-corrected chi connectivity index (χ3v) is 0. The van der Waals surface area contributed by atoms with E-state index in [0.717, 1.165) is 0 Å². The number of hydrogen-bond donors (Lipinski definition) is 0. The van der Waals surface area contributed by atoms with E-state index in [1.54, 1.807) is 0 Å². The van der Waals surface area contributed by atoms with Crippen molar-refractivity contribution in [2.75, 3.05) is 0 Å². The van der Waals surface area contributed by atoms with E-state index in [4.69, 9.17) is 0 Å². The minimum atomic E-state index is 0. The smallest absolute Gasteiger partial charge is 1.00 e. The van der Waals surface area contributed by atoms with Gasteiger partial charge in [0.05, 0.1) is 0 Å². The standard InChI is InChI=1S/6ClH.K.Pt.H/h6*1H;;;/q;;;;;;+1;;-1. The summed E-state index contributed by atoms with van der Waals surface area (Å²) in [6.45, 7) is 0. The predicted molar refractivity (Wildman–Crippen MR) is 44.6 cm³/mol.